The number of halogens is 1. The molecule has 18 heavy (non-hydrogen) atoms. The fraction of sp³-hybridized carbons (Fsp3) is 0. The minimum atomic E-state index is 0.387. The van der Waals surface area contributed by atoms with Crippen molar-refractivity contribution >= 4 is 21.7 Å². The zero-order valence-electron chi connectivity index (χ0n) is 9.10. The third-order valence-corrected chi connectivity index (χ3v) is 2.97. The Kier molecular flexibility index (Phi) is 2.56. The van der Waals surface area contributed by atoms with E-state index < -0.39 is 0 Å². The van der Waals surface area contributed by atoms with Gasteiger partial charge in [-0.3, -0.25) is 0 Å². The first-order valence-electron chi connectivity index (χ1n) is 5.10. The minimum absolute atomic E-state index is 0.387. The summed E-state index contributed by atoms with van der Waals surface area (Å²) in [6.07, 6.45) is 1.71. The van der Waals surface area contributed by atoms with E-state index in [1.807, 2.05) is 30.3 Å². The van der Waals surface area contributed by atoms with Crippen molar-refractivity contribution in [3.8, 4) is 11.6 Å². The summed E-state index contributed by atoms with van der Waals surface area (Å²) in [5.41, 5.74) is 6.53. The molecule has 0 aliphatic heterocycles. The Balaban J connectivity index is 2.12. The Morgan fingerprint density at radius 3 is 2.61 bits per heavy atom. The van der Waals surface area contributed by atoms with Gasteiger partial charge in [0.2, 0.25) is 0 Å². The monoisotopic (exact) mass is 305 g/mol. The Hall–Kier alpha value is -2.22. The highest BCUT2D eigenvalue weighted by Crippen LogP contribution is 2.19. The lowest BCUT2D eigenvalue weighted by Crippen LogP contribution is -2.07. The Morgan fingerprint density at radius 1 is 1.17 bits per heavy atom. The van der Waals surface area contributed by atoms with Crippen molar-refractivity contribution in [3.63, 3.8) is 0 Å². The van der Waals surface area contributed by atoms with E-state index in [1.54, 1.807) is 10.9 Å². The predicted octanol–water partition coefficient (Wildman–Crippen LogP) is 1.19. The van der Waals surface area contributed by atoms with Crippen LogP contribution in [0.5, 0.6) is 0 Å². The second kappa shape index (κ2) is 4.22. The van der Waals surface area contributed by atoms with Gasteiger partial charge in [0.05, 0.1) is 16.4 Å². The van der Waals surface area contributed by atoms with E-state index in [0.717, 1.165) is 5.69 Å². The van der Waals surface area contributed by atoms with Crippen molar-refractivity contribution in [1.82, 2.24) is 30.0 Å². The van der Waals surface area contributed by atoms with Gasteiger partial charge in [0.1, 0.15) is 0 Å². The van der Waals surface area contributed by atoms with Crippen molar-refractivity contribution in [1.29, 1.82) is 0 Å². The van der Waals surface area contributed by atoms with E-state index in [1.165, 1.54) is 4.68 Å². The number of nitrogens with zero attached hydrogens (tertiary/aromatic N) is 6. The molecule has 3 aromatic rings. The first kappa shape index (κ1) is 10.9. The molecule has 0 aliphatic carbocycles. The summed E-state index contributed by atoms with van der Waals surface area (Å²) in [6.45, 7) is 0. The van der Waals surface area contributed by atoms with Crippen molar-refractivity contribution in [2.75, 3.05) is 5.73 Å². The van der Waals surface area contributed by atoms with Gasteiger partial charge in [0, 0.05) is 0 Å². The topological polar surface area (TPSA) is 87.4 Å². The van der Waals surface area contributed by atoms with Crippen LogP contribution >= 0.6 is 15.9 Å². The summed E-state index contributed by atoms with van der Waals surface area (Å²) in [5, 5.41) is 15.7. The molecule has 0 bridgehead atoms. The second-order valence-corrected chi connectivity index (χ2v) is 4.39. The molecule has 0 atom stereocenters. The lowest BCUT2D eigenvalue weighted by atomic mass is 10.3. The van der Waals surface area contributed by atoms with Gasteiger partial charge in [-0.25, -0.2) is 4.68 Å². The number of hydrogen-bond donors (Lipinski definition) is 1. The number of tetrazole rings is 1. The lowest BCUT2D eigenvalue weighted by Gasteiger charge is -2.02. The number of hydrogen-bond acceptors (Lipinski definition) is 5. The first-order valence-corrected chi connectivity index (χ1v) is 5.90. The highest BCUT2D eigenvalue weighted by molar-refractivity contribution is 9.10. The van der Waals surface area contributed by atoms with Gasteiger partial charge in [0.25, 0.3) is 5.95 Å². The van der Waals surface area contributed by atoms with Crippen molar-refractivity contribution in [3.05, 3.63) is 41.0 Å². The SMILES string of the molecule is Nc1nn(-c2nnnn2-c2ccccc2)cc1Br. The van der Waals surface area contributed by atoms with Crippen LogP contribution in [0.4, 0.5) is 5.82 Å². The number of nitrogen functional groups attached to an aromatic ring is 1. The minimum Gasteiger partial charge on any atom is -0.381 e. The molecule has 0 fully saturated rings. The van der Waals surface area contributed by atoms with Crippen LogP contribution in [0.15, 0.2) is 41.0 Å². The summed E-state index contributed by atoms with van der Waals surface area (Å²) >= 11 is 3.30. The van der Waals surface area contributed by atoms with E-state index in [-0.39, 0.29) is 0 Å². The van der Waals surface area contributed by atoms with Gasteiger partial charge >= 0.3 is 0 Å². The van der Waals surface area contributed by atoms with Crippen molar-refractivity contribution in [2.24, 2.45) is 0 Å². The maximum atomic E-state index is 5.68. The molecule has 2 aromatic heterocycles. The molecule has 8 heteroatoms. The Bertz CT molecular complexity index is 653. The Morgan fingerprint density at radius 2 is 1.94 bits per heavy atom. The van der Waals surface area contributed by atoms with E-state index in [9.17, 15) is 0 Å². The molecule has 0 unspecified atom stereocenters. The summed E-state index contributed by atoms with van der Waals surface area (Å²) in [6, 6.07) is 9.56. The van der Waals surface area contributed by atoms with E-state index in [2.05, 4.69) is 36.6 Å². The largest absolute Gasteiger partial charge is 0.381 e. The number of para-hydroxylation sites is 1. The number of nitrogens with two attached hydrogens (primary N) is 1. The number of anilines is 1. The van der Waals surface area contributed by atoms with Crippen LogP contribution in [-0.2, 0) is 0 Å². The predicted molar refractivity (Wildman–Crippen MR) is 68.4 cm³/mol. The van der Waals surface area contributed by atoms with Crippen LogP contribution in [0.1, 0.15) is 0 Å². The molecule has 90 valence electrons. The van der Waals surface area contributed by atoms with Crippen LogP contribution in [0.25, 0.3) is 11.6 Å². The average molecular weight is 306 g/mol. The van der Waals surface area contributed by atoms with Gasteiger partial charge in [-0.2, -0.15) is 4.68 Å². The highest BCUT2D eigenvalue weighted by Gasteiger charge is 2.12. The molecule has 7 nitrogen and oxygen atoms in total. The normalized spacial score (nSPS) is 10.7. The molecular formula is C10H8BrN7. The quantitative estimate of drug-likeness (QED) is 0.768. The van der Waals surface area contributed by atoms with Crippen LogP contribution < -0.4 is 5.73 Å². The molecule has 0 spiro atoms. The number of rotatable bonds is 2. The molecule has 3 rings (SSSR count). The molecule has 0 radical (unpaired) electrons. The molecule has 2 N–H and O–H groups in total. The molecule has 2 heterocycles. The molecular weight excluding hydrogens is 298 g/mol. The summed E-state index contributed by atoms with van der Waals surface area (Å²) in [7, 11) is 0. The molecule has 0 saturated heterocycles. The van der Waals surface area contributed by atoms with Gasteiger partial charge < -0.3 is 5.73 Å². The molecule has 0 aliphatic rings. The summed E-state index contributed by atoms with van der Waals surface area (Å²) < 4.78 is 3.80. The number of aromatic nitrogens is 6. The van der Waals surface area contributed by atoms with Crippen LogP contribution in [0, 0.1) is 0 Å². The first-order chi connectivity index (χ1) is 8.75. The molecule has 0 amide bonds. The van der Waals surface area contributed by atoms with E-state index in [0.29, 0.717) is 16.2 Å². The van der Waals surface area contributed by atoms with Gasteiger partial charge in [-0.05, 0) is 38.5 Å². The number of benzene rings is 1. The van der Waals surface area contributed by atoms with Crippen LogP contribution in [0.3, 0.4) is 0 Å². The zero-order valence-corrected chi connectivity index (χ0v) is 10.7. The van der Waals surface area contributed by atoms with Crippen LogP contribution in [0.2, 0.25) is 0 Å². The fourth-order valence-electron chi connectivity index (χ4n) is 1.53. The average Bonchev–Trinajstić information content (AvgIpc) is 2.98. The Labute approximate surface area is 110 Å². The van der Waals surface area contributed by atoms with Crippen LogP contribution in [-0.4, -0.2) is 30.0 Å². The van der Waals surface area contributed by atoms with Gasteiger partial charge in [0.15, 0.2) is 5.82 Å². The summed E-state index contributed by atoms with van der Waals surface area (Å²) in [5.74, 6) is 0.858. The van der Waals surface area contributed by atoms with E-state index >= 15 is 0 Å². The van der Waals surface area contributed by atoms with Gasteiger partial charge in [-0.15, -0.1) is 5.10 Å². The van der Waals surface area contributed by atoms with Gasteiger partial charge in [-0.1, -0.05) is 23.3 Å². The highest BCUT2D eigenvalue weighted by atomic mass is 79.9. The zero-order chi connectivity index (χ0) is 12.5. The maximum Gasteiger partial charge on any atom is 0.275 e. The smallest absolute Gasteiger partial charge is 0.275 e. The van der Waals surface area contributed by atoms with Crippen molar-refractivity contribution < 1.29 is 0 Å². The molecule has 0 saturated carbocycles. The molecule has 1 aromatic carbocycles. The second-order valence-electron chi connectivity index (χ2n) is 3.53. The summed E-state index contributed by atoms with van der Waals surface area (Å²) in [4.78, 5) is 0. The third kappa shape index (κ3) is 1.76. The third-order valence-electron chi connectivity index (χ3n) is 2.35. The fourth-order valence-corrected chi connectivity index (χ4v) is 1.80. The standard InChI is InChI=1S/C10H8BrN7/c11-8-6-17(14-9(8)12)10-13-15-16-18(10)7-4-2-1-3-5-7/h1-6H,(H2,12,14). The van der Waals surface area contributed by atoms with E-state index in [4.69, 9.17) is 5.73 Å². The lowest BCUT2D eigenvalue weighted by molar-refractivity contribution is 0.742. The van der Waals surface area contributed by atoms with Crippen molar-refractivity contribution in [2.45, 2.75) is 0 Å². The maximum absolute atomic E-state index is 5.68.